The van der Waals surface area contributed by atoms with Crippen molar-refractivity contribution in [2.24, 2.45) is 5.73 Å². The van der Waals surface area contributed by atoms with Crippen LogP contribution in [0.15, 0.2) is 12.3 Å². The first kappa shape index (κ1) is 13.7. The first-order valence-corrected chi connectivity index (χ1v) is 8.37. The molecule has 110 valence electrons. The Balaban J connectivity index is 1.66. The van der Waals surface area contributed by atoms with Crippen molar-refractivity contribution in [1.82, 2.24) is 14.3 Å². The number of hydrogen-bond acceptors (Lipinski definition) is 6. The lowest BCUT2D eigenvalue weighted by atomic mass is 10.3. The molecule has 2 heterocycles. The molecular formula is C12H19N5O2S. The number of piperazine rings is 1. The Labute approximate surface area is 118 Å². The molecule has 8 heteroatoms. The minimum Gasteiger partial charge on any atom is -0.338 e. The van der Waals surface area contributed by atoms with E-state index < -0.39 is 10.0 Å². The molecule has 7 nitrogen and oxygen atoms in total. The summed E-state index contributed by atoms with van der Waals surface area (Å²) in [5, 5.41) is -0.133. The number of aromatic nitrogens is 2. The van der Waals surface area contributed by atoms with Crippen molar-refractivity contribution in [2.45, 2.75) is 24.6 Å². The Morgan fingerprint density at radius 1 is 1.25 bits per heavy atom. The number of nitrogens with zero attached hydrogens (tertiary/aromatic N) is 4. The summed E-state index contributed by atoms with van der Waals surface area (Å²) in [6.45, 7) is 2.65. The predicted octanol–water partition coefficient (Wildman–Crippen LogP) is -0.450. The Bertz CT molecular complexity index is 579. The second kappa shape index (κ2) is 5.27. The fraction of sp³-hybridized carbons (Fsp3) is 0.667. The smallest absolute Gasteiger partial charge is 0.225 e. The van der Waals surface area contributed by atoms with Crippen LogP contribution in [0.25, 0.3) is 0 Å². The van der Waals surface area contributed by atoms with Crippen molar-refractivity contribution in [3.05, 3.63) is 18.0 Å². The van der Waals surface area contributed by atoms with Crippen molar-refractivity contribution in [3.63, 3.8) is 0 Å². The zero-order valence-electron chi connectivity index (χ0n) is 11.3. The first-order valence-electron chi connectivity index (χ1n) is 6.87. The molecule has 2 N–H and O–H groups in total. The molecule has 3 rings (SSSR count). The summed E-state index contributed by atoms with van der Waals surface area (Å²) in [6.07, 6.45) is 3.31. The van der Waals surface area contributed by atoms with E-state index in [0.717, 1.165) is 18.5 Å². The van der Waals surface area contributed by atoms with Gasteiger partial charge in [-0.1, -0.05) is 0 Å². The summed E-state index contributed by atoms with van der Waals surface area (Å²) in [4.78, 5) is 10.6. The maximum atomic E-state index is 12.2. The molecule has 1 saturated heterocycles. The molecule has 0 atom stereocenters. The third kappa shape index (κ3) is 2.63. The molecule has 0 aromatic carbocycles. The van der Waals surface area contributed by atoms with Gasteiger partial charge in [-0.15, -0.1) is 0 Å². The van der Waals surface area contributed by atoms with Gasteiger partial charge in [0.1, 0.15) is 0 Å². The molecular weight excluding hydrogens is 278 g/mol. The first-order chi connectivity index (χ1) is 9.61. The van der Waals surface area contributed by atoms with E-state index in [1.165, 1.54) is 0 Å². The van der Waals surface area contributed by atoms with E-state index in [2.05, 4.69) is 9.97 Å². The van der Waals surface area contributed by atoms with Crippen molar-refractivity contribution >= 4 is 16.0 Å². The second-order valence-corrected chi connectivity index (χ2v) is 7.40. The van der Waals surface area contributed by atoms with Gasteiger partial charge in [-0.05, 0) is 18.9 Å². The van der Waals surface area contributed by atoms with Crippen LogP contribution in [-0.2, 0) is 16.6 Å². The van der Waals surface area contributed by atoms with Crippen LogP contribution in [0.5, 0.6) is 0 Å². The fourth-order valence-corrected chi connectivity index (χ4v) is 4.20. The molecule has 1 aromatic rings. The average molecular weight is 297 g/mol. The number of sulfonamides is 1. The highest BCUT2D eigenvalue weighted by atomic mass is 32.2. The van der Waals surface area contributed by atoms with Crippen LogP contribution in [0, 0.1) is 0 Å². The maximum absolute atomic E-state index is 12.2. The van der Waals surface area contributed by atoms with Crippen LogP contribution in [0.2, 0.25) is 0 Å². The normalized spacial score (nSPS) is 21.1. The Hall–Kier alpha value is -1.25. The lowest BCUT2D eigenvalue weighted by molar-refractivity contribution is 0.381. The topological polar surface area (TPSA) is 92.4 Å². The molecule has 2 aliphatic rings. The molecule has 0 bridgehead atoms. The van der Waals surface area contributed by atoms with Gasteiger partial charge < -0.3 is 10.6 Å². The lowest BCUT2D eigenvalue weighted by Crippen LogP contribution is -2.50. The van der Waals surface area contributed by atoms with Crippen LogP contribution in [-0.4, -0.2) is 54.1 Å². The zero-order valence-corrected chi connectivity index (χ0v) is 12.1. The lowest BCUT2D eigenvalue weighted by Gasteiger charge is -2.34. The van der Waals surface area contributed by atoms with Crippen molar-refractivity contribution < 1.29 is 8.42 Å². The van der Waals surface area contributed by atoms with E-state index in [0.29, 0.717) is 38.7 Å². The summed E-state index contributed by atoms with van der Waals surface area (Å²) in [6, 6.07) is 1.79. The average Bonchev–Trinajstić information content (AvgIpc) is 3.32. The van der Waals surface area contributed by atoms with E-state index in [4.69, 9.17) is 5.73 Å². The zero-order chi connectivity index (χ0) is 14.2. The SMILES string of the molecule is NCc1ccnc(N2CCN(S(=O)(=O)C3CC3)CC2)n1. The van der Waals surface area contributed by atoms with Crippen LogP contribution in [0.1, 0.15) is 18.5 Å². The predicted molar refractivity (Wildman–Crippen MR) is 75.7 cm³/mol. The molecule has 20 heavy (non-hydrogen) atoms. The molecule has 0 amide bonds. The Morgan fingerprint density at radius 3 is 2.55 bits per heavy atom. The number of hydrogen-bond donors (Lipinski definition) is 1. The summed E-state index contributed by atoms with van der Waals surface area (Å²) < 4.78 is 25.9. The highest BCUT2D eigenvalue weighted by molar-refractivity contribution is 7.90. The number of nitrogens with two attached hydrogens (primary N) is 1. The molecule has 0 radical (unpaired) electrons. The van der Waals surface area contributed by atoms with Gasteiger partial charge in [0.2, 0.25) is 16.0 Å². The Morgan fingerprint density at radius 2 is 1.95 bits per heavy atom. The van der Waals surface area contributed by atoms with Gasteiger partial charge in [0, 0.05) is 38.9 Å². The minimum absolute atomic E-state index is 0.133. The quantitative estimate of drug-likeness (QED) is 0.809. The molecule has 1 aromatic heterocycles. The fourth-order valence-electron chi connectivity index (χ4n) is 2.37. The van der Waals surface area contributed by atoms with Crippen molar-refractivity contribution in [3.8, 4) is 0 Å². The highest BCUT2D eigenvalue weighted by Crippen LogP contribution is 2.31. The number of anilines is 1. The van der Waals surface area contributed by atoms with Gasteiger partial charge in [-0.2, -0.15) is 4.31 Å². The minimum atomic E-state index is -3.06. The van der Waals surface area contributed by atoms with Crippen LogP contribution < -0.4 is 10.6 Å². The largest absolute Gasteiger partial charge is 0.338 e. The van der Waals surface area contributed by atoms with Gasteiger partial charge in [-0.25, -0.2) is 18.4 Å². The summed E-state index contributed by atoms with van der Waals surface area (Å²) >= 11 is 0. The maximum Gasteiger partial charge on any atom is 0.225 e. The van der Waals surface area contributed by atoms with Crippen molar-refractivity contribution in [1.29, 1.82) is 0 Å². The molecule has 2 fully saturated rings. The van der Waals surface area contributed by atoms with E-state index >= 15 is 0 Å². The summed E-state index contributed by atoms with van der Waals surface area (Å²) in [5.74, 6) is 0.636. The molecule has 1 aliphatic heterocycles. The third-order valence-corrected chi connectivity index (χ3v) is 6.14. The van der Waals surface area contributed by atoms with E-state index in [-0.39, 0.29) is 5.25 Å². The third-order valence-electron chi connectivity index (χ3n) is 3.74. The highest BCUT2D eigenvalue weighted by Gasteiger charge is 2.41. The van der Waals surface area contributed by atoms with Crippen LogP contribution in [0.4, 0.5) is 5.95 Å². The standard InChI is InChI=1S/C12H19N5O2S/c13-9-10-3-4-14-12(15-10)16-5-7-17(8-6-16)20(18,19)11-1-2-11/h3-4,11H,1-2,5-9,13H2. The van der Waals surface area contributed by atoms with Gasteiger partial charge in [0.25, 0.3) is 0 Å². The van der Waals surface area contributed by atoms with Crippen molar-refractivity contribution in [2.75, 3.05) is 31.1 Å². The van der Waals surface area contributed by atoms with E-state index in [9.17, 15) is 8.42 Å². The van der Waals surface area contributed by atoms with E-state index in [1.807, 2.05) is 4.90 Å². The van der Waals surface area contributed by atoms with E-state index in [1.54, 1.807) is 16.6 Å². The molecule has 1 aliphatic carbocycles. The van der Waals surface area contributed by atoms with Gasteiger partial charge in [0.05, 0.1) is 10.9 Å². The van der Waals surface area contributed by atoms with Gasteiger partial charge in [0.15, 0.2) is 0 Å². The second-order valence-electron chi connectivity index (χ2n) is 5.18. The molecule has 0 spiro atoms. The monoisotopic (exact) mass is 297 g/mol. The molecule has 0 unspecified atom stereocenters. The van der Waals surface area contributed by atoms with Crippen LogP contribution >= 0.6 is 0 Å². The summed E-state index contributed by atoms with van der Waals surface area (Å²) in [5.41, 5.74) is 6.37. The van der Waals surface area contributed by atoms with Gasteiger partial charge in [-0.3, -0.25) is 0 Å². The van der Waals surface area contributed by atoms with Gasteiger partial charge >= 0.3 is 0 Å². The molecule has 1 saturated carbocycles. The summed E-state index contributed by atoms with van der Waals surface area (Å²) in [7, 11) is -3.06. The van der Waals surface area contributed by atoms with Crippen LogP contribution in [0.3, 0.4) is 0 Å². The Kier molecular flexibility index (Phi) is 3.61. The number of rotatable bonds is 4.